The number of hydrogen-bond donors (Lipinski definition) is 1. The van der Waals surface area contributed by atoms with E-state index in [2.05, 4.69) is 10.3 Å². The van der Waals surface area contributed by atoms with Gasteiger partial charge in [-0.05, 0) is 67.4 Å². The lowest BCUT2D eigenvalue weighted by molar-refractivity contribution is -0.111. The smallest absolute Gasteiger partial charge is 0.248 e. The van der Waals surface area contributed by atoms with Crippen molar-refractivity contribution in [3.63, 3.8) is 0 Å². The molecule has 0 spiro atoms. The second-order valence-corrected chi connectivity index (χ2v) is 6.36. The molecule has 27 heavy (non-hydrogen) atoms. The van der Waals surface area contributed by atoms with Crippen LogP contribution in [0, 0.1) is 13.8 Å². The molecule has 1 amide bonds. The molecule has 0 aliphatic heterocycles. The minimum absolute atomic E-state index is 0.236. The first-order valence-electron chi connectivity index (χ1n) is 8.59. The van der Waals surface area contributed by atoms with Crippen molar-refractivity contribution in [1.29, 1.82) is 0 Å². The molecular formula is C22H18N2O3. The fraction of sp³-hybridized carbons (Fsp3) is 0.0909. The molecule has 4 aromatic rings. The van der Waals surface area contributed by atoms with E-state index in [1.54, 1.807) is 24.5 Å². The van der Waals surface area contributed by atoms with Crippen LogP contribution in [-0.2, 0) is 4.79 Å². The summed E-state index contributed by atoms with van der Waals surface area (Å²) < 4.78 is 11.1. The van der Waals surface area contributed by atoms with Crippen molar-refractivity contribution in [2.45, 2.75) is 13.8 Å². The zero-order chi connectivity index (χ0) is 18.8. The first kappa shape index (κ1) is 16.8. The van der Waals surface area contributed by atoms with E-state index in [0.29, 0.717) is 17.3 Å². The number of rotatable bonds is 4. The lowest BCUT2D eigenvalue weighted by Crippen LogP contribution is -2.09. The van der Waals surface area contributed by atoms with Crippen LogP contribution in [0.2, 0.25) is 0 Å². The Morgan fingerprint density at radius 2 is 2.00 bits per heavy atom. The molecule has 0 bridgehead atoms. The molecule has 0 aliphatic rings. The van der Waals surface area contributed by atoms with Gasteiger partial charge in [-0.2, -0.15) is 0 Å². The van der Waals surface area contributed by atoms with Crippen LogP contribution in [0.15, 0.2) is 69.7 Å². The Morgan fingerprint density at radius 1 is 1.11 bits per heavy atom. The normalized spacial score (nSPS) is 11.3. The predicted molar refractivity (Wildman–Crippen MR) is 105 cm³/mol. The molecule has 0 aliphatic carbocycles. The van der Waals surface area contributed by atoms with E-state index in [-0.39, 0.29) is 5.91 Å². The Morgan fingerprint density at radius 3 is 2.81 bits per heavy atom. The monoisotopic (exact) mass is 358 g/mol. The fourth-order valence-corrected chi connectivity index (χ4v) is 2.76. The number of benzene rings is 2. The van der Waals surface area contributed by atoms with E-state index < -0.39 is 0 Å². The third-order valence-corrected chi connectivity index (χ3v) is 4.23. The van der Waals surface area contributed by atoms with Gasteiger partial charge in [0.05, 0.1) is 6.26 Å². The van der Waals surface area contributed by atoms with Crippen LogP contribution >= 0.6 is 0 Å². The number of anilines is 1. The van der Waals surface area contributed by atoms with Crippen molar-refractivity contribution < 1.29 is 13.6 Å². The van der Waals surface area contributed by atoms with E-state index >= 15 is 0 Å². The molecule has 0 radical (unpaired) electrons. The molecule has 0 saturated heterocycles. The first-order chi connectivity index (χ1) is 13.1. The quantitative estimate of drug-likeness (QED) is 0.499. The number of amides is 1. The van der Waals surface area contributed by atoms with E-state index in [4.69, 9.17) is 8.83 Å². The van der Waals surface area contributed by atoms with Crippen molar-refractivity contribution in [3.8, 4) is 11.5 Å². The molecule has 5 nitrogen and oxygen atoms in total. The van der Waals surface area contributed by atoms with E-state index in [0.717, 1.165) is 27.8 Å². The van der Waals surface area contributed by atoms with Gasteiger partial charge in [0.15, 0.2) is 5.58 Å². The summed E-state index contributed by atoms with van der Waals surface area (Å²) in [7, 11) is 0. The number of aryl methyl sites for hydroxylation is 2. The zero-order valence-electron chi connectivity index (χ0n) is 15.0. The van der Waals surface area contributed by atoms with Gasteiger partial charge in [-0.3, -0.25) is 4.79 Å². The van der Waals surface area contributed by atoms with Gasteiger partial charge in [-0.1, -0.05) is 12.1 Å². The van der Waals surface area contributed by atoms with Crippen molar-refractivity contribution >= 4 is 28.8 Å². The molecule has 2 aromatic carbocycles. The van der Waals surface area contributed by atoms with Crippen molar-refractivity contribution in [2.75, 3.05) is 5.32 Å². The highest BCUT2D eigenvalue weighted by Gasteiger charge is 2.11. The molecule has 0 saturated carbocycles. The lowest BCUT2D eigenvalue weighted by atomic mass is 10.1. The van der Waals surface area contributed by atoms with Crippen LogP contribution in [0.5, 0.6) is 0 Å². The number of hydrogen-bond acceptors (Lipinski definition) is 4. The number of carbonyl (C=O) groups excluding carboxylic acids is 1. The van der Waals surface area contributed by atoms with Gasteiger partial charge in [0.25, 0.3) is 0 Å². The van der Waals surface area contributed by atoms with Gasteiger partial charge in [0.1, 0.15) is 11.3 Å². The Kier molecular flexibility index (Phi) is 4.34. The second-order valence-electron chi connectivity index (χ2n) is 6.36. The van der Waals surface area contributed by atoms with Gasteiger partial charge in [0.2, 0.25) is 11.8 Å². The third kappa shape index (κ3) is 3.67. The maximum atomic E-state index is 12.2. The van der Waals surface area contributed by atoms with Gasteiger partial charge in [-0.25, -0.2) is 4.98 Å². The predicted octanol–water partition coefficient (Wildman–Crippen LogP) is 5.36. The average molecular weight is 358 g/mol. The molecule has 0 unspecified atom stereocenters. The average Bonchev–Trinajstić information content (AvgIpc) is 3.31. The maximum Gasteiger partial charge on any atom is 0.248 e. The number of fused-ring (bicyclic) bond motifs is 1. The van der Waals surface area contributed by atoms with Crippen LogP contribution in [0.4, 0.5) is 5.69 Å². The molecule has 5 heteroatoms. The number of aromatic nitrogens is 1. The largest absolute Gasteiger partial charge is 0.465 e. The van der Waals surface area contributed by atoms with Crippen LogP contribution in [0.3, 0.4) is 0 Å². The second kappa shape index (κ2) is 6.96. The molecule has 4 rings (SSSR count). The standard InChI is InChI=1S/C22H18N2O3/c1-14-5-9-18-20(12-14)27-22(24-18)16-7-6-15(2)19(13-16)23-21(25)10-8-17-4-3-11-26-17/h3-13H,1-2H3,(H,23,25). The van der Waals surface area contributed by atoms with Crippen LogP contribution in [0.1, 0.15) is 16.9 Å². The summed E-state index contributed by atoms with van der Waals surface area (Å²) in [5.41, 5.74) is 5.14. The highest BCUT2D eigenvalue weighted by molar-refractivity contribution is 6.02. The Balaban J connectivity index is 1.59. The van der Waals surface area contributed by atoms with Gasteiger partial charge in [-0.15, -0.1) is 0 Å². The molecule has 1 N–H and O–H groups in total. The maximum absolute atomic E-state index is 12.2. The molecule has 0 fully saturated rings. The number of furan rings is 1. The van der Waals surface area contributed by atoms with Crippen molar-refractivity contribution in [2.24, 2.45) is 0 Å². The van der Waals surface area contributed by atoms with Gasteiger partial charge in [0, 0.05) is 17.3 Å². The SMILES string of the molecule is Cc1ccc2nc(-c3ccc(C)c(NC(=O)C=Cc4ccco4)c3)oc2c1. The van der Waals surface area contributed by atoms with E-state index in [1.807, 2.05) is 50.2 Å². The Bertz CT molecular complexity index is 1140. The molecular weight excluding hydrogens is 340 g/mol. The van der Waals surface area contributed by atoms with Crippen LogP contribution in [0.25, 0.3) is 28.6 Å². The summed E-state index contributed by atoms with van der Waals surface area (Å²) in [5, 5.41) is 2.89. The van der Waals surface area contributed by atoms with E-state index in [9.17, 15) is 4.79 Å². The van der Waals surface area contributed by atoms with Gasteiger partial charge < -0.3 is 14.2 Å². The number of carbonyl (C=O) groups is 1. The van der Waals surface area contributed by atoms with Crippen LogP contribution in [-0.4, -0.2) is 10.9 Å². The summed E-state index contributed by atoms with van der Waals surface area (Å²) in [5.74, 6) is 0.912. The topological polar surface area (TPSA) is 68.3 Å². The summed E-state index contributed by atoms with van der Waals surface area (Å²) in [6, 6.07) is 15.2. The Hall–Kier alpha value is -3.60. The summed E-state index contributed by atoms with van der Waals surface area (Å²) >= 11 is 0. The Labute approximate surface area is 156 Å². The van der Waals surface area contributed by atoms with E-state index in [1.165, 1.54) is 6.08 Å². The van der Waals surface area contributed by atoms with Crippen LogP contribution < -0.4 is 5.32 Å². The zero-order valence-corrected chi connectivity index (χ0v) is 15.0. The highest BCUT2D eigenvalue weighted by atomic mass is 16.3. The summed E-state index contributed by atoms with van der Waals surface area (Å²) in [6.07, 6.45) is 4.62. The fourth-order valence-electron chi connectivity index (χ4n) is 2.76. The third-order valence-electron chi connectivity index (χ3n) is 4.23. The summed E-state index contributed by atoms with van der Waals surface area (Å²) in [6.45, 7) is 3.95. The molecule has 0 atom stereocenters. The number of nitrogens with zero attached hydrogens (tertiary/aromatic N) is 1. The van der Waals surface area contributed by atoms with Crippen molar-refractivity contribution in [3.05, 3.63) is 77.8 Å². The number of nitrogens with one attached hydrogen (secondary N) is 1. The summed E-state index contributed by atoms with van der Waals surface area (Å²) in [4.78, 5) is 16.7. The minimum Gasteiger partial charge on any atom is -0.465 e. The minimum atomic E-state index is -0.236. The number of oxazole rings is 1. The first-order valence-corrected chi connectivity index (χ1v) is 8.59. The van der Waals surface area contributed by atoms with Crippen molar-refractivity contribution in [1.82, 2.24) is 4.98 Å². The lowest BCUT2D eigenvalue weighted by Gasteiger charge is -2.07. The van der Waals surface area contributed by atoms with Gasteiger partial charge >= 0.3 is 0 Å². The molecule has 2 heterocycles. The molecule has 134 valence electrons. The highest BCUT2D eigenvalue weighted by Crippen LogP contribution is 2.28. The molecule has 2 aromatic heterocycles.